The molecule has 0 atom stereocenters. The van der Waals surface area contributed by atoms with Crippen molar-refractivity contribution < 1.29 is 9.90 Å². The van der Waals surface area contributed by atoms with Gasteiger partial charge in [0.25, 0.3) is 0 Å². The Hall–Kier alpha value is -1.73. The van der Waals surface area contributed by atoms with Gasteiger partial charge in [0.15, 0.2) is 5.16 Å². The van der Waals surface area contributed by atoms with Crippen molar-refractivity contribution in [3.63, 3.8) is 0 Å². The Morgan fingerprint density at radius 2 is 2.33 bits per heavy atom. The quantitative estimate of drug-likeness (QED) is 0.829. The first-order valence-electron chi connectivity index (χ1n) is 4.86. The number of benzene rings is 1. The molecule has 0 spiro atoms. The minimum Gasteiger partial charge on any atom is -0.481 e. The highest BCUT2D eigenvalue weighted by Gasteiger charge is 2.12. The van der Waals surface area contributed by atoms with Gasteiger partial charge < -0.3 is 5.11 Å². The Labute approximate surface area is 111 Å². The lowest BCUT2D eigenvalue weighted by Gasteiger charge is -2.04. The van der Waals surface area contributed by atoms with E-state index in [2.05, 4.69) is 10.2 Å². The average Bonchev–Trinajstić information content (AvgIpc) is 2.68. The number of aromatic amines is 1. The van der Waals surface area contributed by atoms with Gasteiger partial charge in [-0.1, -0.05) is 29.4 Å². The summed E-state index contributed by atoms with van der Waals surface area (Å²) in [5.74, 6) is -1.15. The van der Waals surface area contributed by atoms with Crippen LogP contribution in [-0.2, 0) is 4.79 Å². The Morgan fingerprint density at radius 1 is 1.56 bits per heavy atom. The number of aliphatic carboxylic acids is 1. The fraction of sp³-hybridized carbons (Fsp3) is 0.100. The Morgan fingerprint density at radius 3 is 3.00 bits per heavy atom. The van der Waals surface area contributed by atoms with Gasteiger partial charge >= 0.3 is 11.7 Å². The summed E-state index contributed by atoms with van der Waals surface area (Å²) in [6.07, 6.45) is 0. The number of nitrogens with zero attached hydrogens (tertiary/aromatic N) is 2. The van der Waals surface area contributed by atoms with Crippen molar-refractivity contribution in [2.24, 2.45) is 0 Å². The molecule has 1 aromatic carbocycles. The molecule has 0 aliphatic carbocycles. The van der Waals surface area contributed by atoms with Crippen LogP contribution in [0.25, 0.3) is 5.69 Å². The minimum absolute atomic E-state index is 0.176. The van der Waals surface area contributed by atoms with Crippen molar-refractivity contribution in [3.8, 4) is 5.69 Å². The Balaban J connectivity index is 2.40. The van der Waals surface area contributed by atoms with Crippen molar-refractivity contribution in [2.45, 2.75) is 5.16 Å². The molecule has 0 radical (unpaired) electrons. The minimum atomic E-state index is -0.979. The second kappa shape index (κ2) is 5.28. The van der Waals surface area contributed by atoms with E-state index < -0.39 is 11.7 Å². The van der Waals surface area contributed by atoms with E-state index in [-0.39, 0.29) is 10.9 Å². The van der Waals surface area contributed by atoms with Crippen molar-refractivity contribution in [1.29, 1.82) is 0 Å². The molecule has 18 heavy (non-hydrogen) atoms. The van der Waals surface area contributed by atoms with Crippen LogP contribution in [0.3, 0.4) is 0 Å². The zero-order chi connectivity index (χ0) is 13.1. The summed E-state index contributed by atoms with van der Waals surface area (Å²) in [4.78, 5) is 22.2. The topological polar surface area (TPSA) is 88.0 Å². The molecular weight excluding hydrogens is 278 g/mol. The number of hydrogen-bond acceptors (Lipinski definition) is 4. The summed E-state index contributed by atoms with van der Waals surface area (Å²) in [6, 6.07) is 6.67. The number of carboxylic acid groups (broad SMARTS) is 1. The summed E-state index contributed by atoms with van der Waals surface area (Å²) < 4.78 is 1.28. The molecule has 1 aromatic heterocycles. The second-order valence-corrected chi connectivity index (χ2v) is 4.69. The maximum atomic E-state index is 11.6. The number of hydrogen-bond donors (Lipinski definition) is 2. The van der Waals surface area contributed by atoms with Gasteiger partial charge in [0.2, 0.25) is 0 Å². The maximum Gasteiger partial charge on any atom is 0.348 e. The Bertz CT molecular complexity index is 637. The summed E-state index contributed by atoms with van der Waals surface area (Å²) >= 11 is 6.80. The van der Waals surface area contributed by atoms with Crippen molar-refractivity contribution >= 4 is 29.3 Å². The van der Waals surface area contributed by atoms with Gasteiger partial charge in [0.05, 0.1) is 11.4 Å². The number of H-pyrrole nitrogens is 1. The van der Waals surface area contributed by atoms with Crippen LogP contribution in [0.5, 0.6) is 0 Å². The number of carbonyl (C=O) groups is 1. The predicted octanol–water partition coefficient (Wildman–Crippen LogP) is 1.39. The van der Waals surface area contributed by atoms with E-state index in [0.717, 1.165) is 11.8 Å². The molecule has 94 valence electrons. The van der Waals surface area contributed by atoms with Crippen LogP contribution in [0.2, 0.25) is 5.02 Å². The molecular formula is C10H8ClN3O3S. The predicted molar refractivity (Wildman–Crippen MR) is 67.6 cm³/mol. The SMILES string of the molecule is O=C(O)CSc1n[nH]c(=O)n1-c1cccc(Cl)c1. The molecule has 0 fully saturated rings. The molecule has 0 aliphatic heterocycles. The molecule has 0 bridgehead atoms. The normalized spacial score (nSPS) is 10.5. The van der Waals surface area contributed by atoms with E-state index in [1.807, 2.05) is 0 Å². The van der Waals surface area contributed by atoms with Crippen LogP contribution in [0.1, 0.15) is 0 Å². The largest absolute Gasteiger partial charge is 0.481 e. The molecule has 0 aliphatic rings. The van der Waals surface area contributed by atoms with E-state index >= 15 is 0 Å². The summed E-state index contributed by atoms with van der Waals surface area (Å²) in [7, 11) is 0. The molecule has 8 heteroatoms. The lowest BCUT2D eigenvalue weighted by Crippen LogP contribution is -2.15. The molecule has 2 N–H and O–H groups in total. The molecule has 0 amide bonds. The van der Waals surface area contributed by atoms with Gasteiger partial charge in [-0.05, 0) is 18.2 Å². The summed E-state index contributed by atoms with van der Waals surface area (Å²) in [5, 5.41) is 15.4. The fourth-order valence-corrected chi connectivity index (χ4v) is 2.21. The van der Waals surface area contributed by atoms with E-state index in [9.17, 15) is 9.59 Å². The van der Waals surface area contributed by atoms with Crippen LogP contribution in [0.4, 0.5) is 0 Å². The van der Waals surface area contributed by atoms with Gasteiger partial charge in [-0.3, -0.25) is 4.79 Å². The van der Waals surface area contributed by atoms with Crippen molar-refractivity contribution in [1.82, 2.24) is 14.8 Å². The van der Waals surface area contributed by atoms with Crippen molar-refractivity contribution in [2.75, 3.05) is 5.75 Å². The Kier molecular flexibility index (Phi) is 3.73. The summed E-state index contributed by atoms with van der Waals surface area (Å²) in [5.41, 5.74) is 0.0966. The lowest BCUT2D eigenvalue weighted by molar-refractivity contribution is -0.133. The zero-order valence-electron chi connectivity index (χ0n) is 8.96. The smallest absolute Gasteiger partial charge is 0.348 e. The van der Waals surface area contributed by atoms with E-state index in [4.69, 9.17) is 16.7 Å². The number of carboxylic acids is 1. The van der Waals surface area contributed by atoms with Crippen LogP contribution in [0, 0.1) is 0 Å². The second-order valence-electron chi connectivity index (χ2n) is 3.31. The number of nitrogens with one attached hydrogen (secondary N) is 1. The molecule has 0 saturated heterocycles. The highest BCUT2D eigenvalue weighted by molar-refractivity contribution is 7.99. The fourth-order valence-electron chi connectivity index (χ4n) is 1.35. The van der Waals surface area contributed by atoms with E-state index in [0.29, 0.717) is 10.7 Å². The standard InChI is InChI=1S/C10H8ClN3O3S/c11-6-2-1-3-7(4-6)14-9(17)12-13-10(14)18-5-8(15)16/h1-4H,5H2,(H,12,17)(H,15,16). The van der Waals surface area contributed by atoms with Gasteiger partial charge in [0, 0.05) is 5.02 Å². The number of thioether (sulfide) groups is 1. The van der Waals surface area contributed by atoms with Crippen LogP contribution < -0.4 is 5.69 Å². The van der Waals surface area contributed by atoms with E-state index in [1.165, 1.54) is 4.57 Å². The number of halogens is 1. The number of rotatable bonds is 4. The highest BCUT2D eigenvalue weighted by Crippen LogP contribution is 2.19. The van der Waals surface area contributed by atoms with Crippen LogP contribution in [0.15, 0.2) is 34.2 Å². The average molecular weight is 286 g/mol. The van der Waals surface area contributed by atoms with Gasteiger partial charge in [-0.2, -0.15) is 0 Å². The van der Waals surface area contributed by atoms with Gasteiger partial charge in [0.1, 0.15) is 0 Å². The molecule has 0 saturated carbocycles. The maximum absolute atomic E-state index is 11.6. The highest BCUT2D eigenvalue weighted by atomic mass is 35.5. The molecule has 6 nitrogen and oxygen atoms in total. The molecule has 0 unspecified atom stereocenters. The third-order valence-electron chi connectivity index (χ3n) is 2.03. The van der Waals surface area contributed by atoms with Crippen molar-refractivity contribution in [3.05, 3.63) is 39.8 Å². The molecule has 2 rings (SSSR count). The molecule has 2 aromatic rings. The van der Waals surface area contributed by atoms with Gasteiger partial charge in [-0.25, -0.2) is 14.5 Å². The van der Waals surface area contributed by atoms with Gasteiger partial charge in [-0.15, -0.1) is 5.10 Å². The third-order valence-corrected chi connectivity index (χ3v) is 3.19. The first-order chi connectivity index (χ1) is 8.58. The van der Waals surface area contributed by atoms with Crippen LogP contribution in [-0.4, -0.2) is 31.6 Å². The van der Waals surface area contributed by atoms with E-state index in [1.54, 1.807) is 24.3 Å². The third kappa shape index (κ3) is 2.74. The molecule has 1 heterocycles. The van der Waals surface area contributed by atoms with Crippen LogP contribution >= 0.6 is 23.4 Å². The first kappa shape index (κ1) is 12.7. The lowest BCUT2D eigenvalue weighted by atomic mass is 10.3. The monoisotopic (exact) mass is 285 g/mol. The number of aromatic nitrogens is 3. The summed E-state index contributed by atoms with van der Waals surface area (Å²) in [6.45, 7) is 0. The first-order valence-corrected chi connectivity index (χ1v) is 6.22. The zero-order valence-corrected chi connectivity index (χ0v) is 10.5.